The standard InChI is InChI=1S/C14H19NO4/c1-11(14(16)15-6-8-18-9-7-15)19-13-5-3-4-12(10-13)17-2/h3-5,10-11H,6-9H2,1-2H3/t11-/m1/s1. The van der Waals surface area contributed by atoms with Crippen LogP contribution in [0.3, 0.4) is 0 Å². The molecule has 2 rings (SSSR count). The van der Waals surface area contributed by atoms with Gasteiger partial charge in [0.15, 0.2) is 6.10 Å². The van der Waals surface area contributed by atoms with Gasteiger partial charge in [-0.15, -0.1) is 0 Å². The average Bonchev–Trinajstić information content (AvgIpc) is 2.47. The summed E-state index contributed by atoms with van der Waals surface area (Å²) in [7, 11) is 1.60. The predicted molar refractivity (Wildman–Crippen MR) is 70.5 cm³/mol. The molecule has 1 fully saturated rings. The summed E-state index contributed by atoms with van der Waals surface area (Å²) < 4.78 is 16.0. The molecule has 19 heavy (non-hydrogen) atoms. The van der Waals surface area contributed by atoms with Gasteiger partial charge in [0.25, 0.3) is 5.91 Å². The molecule has 104 valence electrons. The smallest absolute Gasteiger partial charge is 0.263 e. The number of hydrogen-bond donors (Lipinski definition) is 0. The fourth-order valence-electron chi connectivity index (χ4n) is 1.97. The quantitative estimate of drug-likeness (QED) is 0.824. The highest BCUT2D eigenvalue weighted by Gasteiger charge is 2.23. The van der Waals surface area contributed by atoms with Crippen molar-refractivity contribution >= 4 is 5.91 Å². The Morgan fingerprint density at radius 2 is 2.00 bits per heavy atom. The molecule has 1 heterocycles. The van der Waals surface area contributed by atoms with Crippen molar-refractivity contribution in [3.05, 3.63) is 24.3 Å². The van der Waals surface area contributed by atoms with E-state index in [0.29, 0.717) is 37.8 Å². The molecule has 1 amide bonds. The minimum absolute atomic E-state index is 0.00822. The van der Waals surface area contributed by atoms with Crippen molar-refractivity contribution < 1.29 is 19.0 Å². The maximum absolute atomic E-state index is 12.2. The number of nitrogens with zero attached hydrogens (tertiary/aromatic N) is 1. The van der Waals surface area contributed by atoms with Crippen LogP contribution in [-0.2, 0) is 9.53 Å². The molecule has 1 aromatic carbocycles. The van der Waals surface area contributed by atoms with Gasteiger partial charge in [0.1, 0.15) is 11.5 Å². The number of methoxy groups -OCH3 is 1. The van der Waals surface area contributed by atoms with Gasteiger partial charge in [0.05, 0.1) is 20.3 Å². The molecule has 0 saturated carbocycles. The zero-order valence-corrected chi connectivity index (χ0v) is 11.3. The Labute approximate surface area is 113 Å². The van der Waals surface area contributed by atoms with Gasteiger partial charge in [-0.3, -0.25) is 4.79 Å². The summed E-state index contributed by atoms with van der Waals surface area (Å²) in [6.45, 7) is 4.21. The first-order valence-corrected chi connectivity index (χ1v) is 6.38. The van der Waals surface area contributed by atoms with Crippen molar-refractivity contribution in [3.8, 4) is 11.5 Å². The van der Waals surface area contributed by atoms with Gasteiger partial charge in [-0.2, -0.15) is 0 Å². The number of benzene rings is 1. The molecule has 5 nitrogen and oxygen atoms in total. The lowest BCUT2D eigenvalue weighted by Crippen LogP contribution is -2.46. The first-order chi connectivity index (χ1) is 9.20. The Bertz CT molecular complexity index is 429. The van der Waals surface area contributed by atoms with Crippen LogP contribution in [0.2, 0.25) is 0 Å². The van der Waals surface area contributed by atoms with Crippen molar-refractivity contribution in [1.29, 1.82) is 0 Å². The Morgan fingerprint density at radius 3 is 2.68 bits per heavy atom. The third-order valence-corrected chi connectivity index (χ3v) is 3.02. The lowest BCUT2D eigenvalue weighted by molar-refractivity contribution is -0.142. The normalized spacial score (nSPS) is 16.8. The molecule has 1 saturated heterocycles. The van der Waals surface area contributed by atoms with E-state index in [9.17, 15) is 4.79 Å². The van der Waals surface area contributed by atoms with Crippen LogP contribution in [0.1, 0.15) is 6.92 Å². The summed E-state index contributed by atoms with van der Waals surface area (Å²) >= 11 is 0. The highest BCUT2D eigenvalue weighted by atomic mass is 16.5. The zero-order chi connectivity index (χ0) is 13.7. The maximum atomic E-state index is 12.2. The molecule has 5 heteroatoms. The Hall–Kier alpha value is -1.75. The number of carbonyl (C=O) groups is 1. The second kappa shape index (κ2) is 6.43. The van der Waals surface area contributed by atoms with Crippen LogP contribution in [0.25, 0.3) is 0 Å². The average molecular weight is 265 g/mol. The molecule has 0 aromatic heterocycles. The van der Waals surface area contributed by atoms with Gasteiger partial charge in [0.2, 0.25) is 0 Å². The van der Waals surface area contributed by atoms with Crippen LogP contribution in [-0.4, -0.2) is 50.3 Å². The molecule has 0 N–H and O–H groups in total. The van der Waals surface area contributed by atoms with E-state index in [1.54, 1.807) is 25.0 Å². The molecular formula is C14H19NO4. The summed E-state index contributed by atoms with van der Waals surface area (Å²) in [5, 5.41) is 0. The number of hydrogen-bond acceptors (Lipinski definition) is 4. The summed E-state index contributed by atoms with van der Waals surface area (Å²) in [5.41, 5.74) is 0. The molecule has 0 radical (unpaired) electrons. The van der Waals surface area contributed by atoms with E-state index >= 15 is 0 Å². The molecular weight excluding hydrogens is 246 g/mol. The van der Waals surface area contributed by atoms with E-state index in [-0.39, 0.29) is 5.91 Å². The number of ether oxygens (including phenoxy) is 3. The van der Waals surface area contributed by atoms with Crippen LogP contribution >= 0.6 is 0 Å². The van der Waals surface area contributed by atoms with Gasteiger partial charge in [-0.1, -0.05) is 6.07 Å². The first-order valence-electron chi connectivity index (χ1n) is 6.38. The lowest BCUT2D eigenvalue weighted by Gasteiger charge is -2.29. The molecule has 1 aliphatic rings. The monoisotopic (exact) mass is 265 g/mol. The largest absolute Gasteiger partial charge is 0.497 e. The van der Waals surface area contributed by atoms with Gasteiger partial charge >= 0.3 is 0 Å². The van der Waals surface area contributed by atoms with E-state index < -0.39 is 6.10 Å². The van der Waals surface area contributed by atoms with Crippen LogP contribution in [0, 0.1) is 0 Å². The summed E-state index contributed by atoms with van der Waals surface area (Å²) in [4.78, 5) is 13.9. The highest BCUT2D eigenvalue weighted by Crippen LogP contribution is 2.20. The van der Waals surface area contributed by atoms with Crippen molar-refractivity contribution in [2.24, 2.45) is 0 Å². The Balaban J connectivity index is 1.95. The topological polar surface area (TPSA) is 48.0 Å². The van der Waals surface area contributed by atoms with Crippen LogP contribution in [0.4, 0.5) is 0 Å². The third-order valence-electron chi connectivity index (χ3n) is 3.02. The molecule has 0 bridgehead atoms. The van der Waals surface area contributed by atoms with E-state index in [1.165, 1.54) is 0 Å². The second-order valence-electron chi connectivity index (χ2n) is 4.38. The lowest BCUT2D eigenvalue weighted by atomic mass is 10.3. The molecule has 1 atom stereocenters. The number of morpholine rings is 1. The summed E-state index contributed by atoms with van der Waals surface area (Å²) in [6, 6.07) is 7.25. The molecule has 0 unspecified atom stereocenters. The number of amides is 1. The van der Waals surface area contributed by atoms with Gasteiger partial charge in [-0.25, -0.2) is 0 Å². The first kappa shape index (κ1) is 13.7. The third kappa shape index (κ3) is 3.61. The van der Waals surface area contributed by atoms with E-state index in [0.717, 1.165) is 0 Å². The summed E-state index contributed by atoms with van der Waals surface area (Å²) in [6.07, 6.45) is -0.509. The van der Waals surface area contributed by atoms with Crippen molar-refractivity contribution in [1.82, 2.24) is 4.90 Å². The number of rotatable bonds is 4. The Kier molecular flexibility index (Phi) is 4.63. The molecule has 1 aliphatic heterocycles. The highest BCUT2D eigenvalue weighted by molar-refractivity contribution is 5.81. The fourth-order valence-corrected chi connectivity index (χ4v) is 1.97. The second-order valence-corrected chi connectivity index (χ2v) is 4.38. The van der Waals surface area contributed by atoms with Gasteiger partial charge in [0, 0.05) is 19.2 Å². The van der Waals surface area contributed by atoms with Gasteiger partial charge < -0.3 is 19.1 Å². The van der Waals surface area contributed by atoms with Crippen molar-refractivity contribution in [2.45, 2.75) is 13.0 Å². The van der Waals surface area contributed by atoms with Crippen molar-refractivity contribution in [3.63, 3.8) is 0 Å². The van der Waals surface area contributed by atoms with Crippen molar-refractivity contribution in [2.75, 3.05) is 33.4 Å². The van der Waals surface area contributed by atoms with E-state index in [4.69, 9.17) is 14.2 Å². The minimum Gasteiger partial charge on any atom is -0.497 e. The van der Waals surface area contributed by atoms with Gasteiger partial charge in [-0.05, 0) is 19.1 Å². The van der Waals surface area contributed by atoms with Crippen LogP contribution < -0.4 is 9.47 Å². The van der Waals surface area contributed by atoms with E-state index in [1.807, 2.05) is 18.2 Å². The fraction of sp³-hybridized carbons (Fsp3) is 0.500. The SMILES string of the molecule is COc1cccc(O[C@H](C)C(=O)N2CCOCC2)c1. The Morgan fingerprint density at radius 1 is 1.32 bits per heavy atom. The molecule has 1 aromatic rings. The number of carbonyl (C=O) groups excluding carboxylic acids is 1. The maximum Gasteiger partial charge on any atom is 0.263 e. The van der Waals surface area contributed by atoms with E-state index in [2.05, 4.69) is 0 Å². The van der Waals surface area contributed by atoms with Crippen LogP contribution in [0.15, 0.2) is 24.3 Å². The summed E-state index contributed by atoms with van der Waals surface area (Å²) in [5.74, 6) is 1.34. The molecule has 0 spiro atoms. The predicted octanol–water partition coefficient (Wildman–Crippen LogP) is 1.32. The minimum atomic E-state index is -0.509. The molecule has 0 aliphatic carbocycles. The van der Waals surface area contributed by atoms with Crippen LogP contribution in [0.5, 0.6) is 11.5 Å². The zero-order valence-electron chi connectivity index (χ0n) is 11.3.